The van der Waals surface area contributed by atoms with Crippen molar-refractivity contribution in [3.63, 3.8) is 0 Å². The van der Waals surface area contributed by atoms with Gasteiger partial charge >= 0.3 is 30.1 Å². The largest absolute Gasteiger partial charge is 0.490 e. The molecule has 50 nitrogen and oxygen atoms in total. The number of aliphatic carboxylic acids is 4. The summed E-state index contributed by atoms with van der Waals surface area (Å²) < 4.78 is 31.7. The molecule has 0 unspecified atom stereocenters. The molecule has 0 spiro atoms. The number of primary amides is 2. The van der Waals surface area contributed by atoms with Crippen LogP contribution in [0.15, 0.2) is 42.1 Å². The monoisotopic (exact) mass is 1880 g/mol. The lowest BCUT2D eigenvalue weighted by molar-refractivity contribution is -0.192. The third-order valence-electron chi connectivity index (χ3n) is 20.0. The molecule has 132 heavy (non-hydrogen) atoms. The molecule has 53 heteroatoms. The molecule has 1 fully saturated rings. The van der Waals surface area contributed by atoms with E-state index in [-0.39, 0.29) is 114 Å². The maximum absolute atomic E-state index is 14.7. The fourth-order valence-electron chi connectivity index (χ4n) is 12.9. The molecular weight excluding hydrogens is 1760 g/mol. The Hall–Kier alpha value is -13.9. The SMILES string of the molecule is CC[C@H](C)[C@H](NC(=O)[C@H](CO)NC(=O)[C@H](CCC(N)=O)NC(=O)[C@H](CC(=O)O)NC(=O)[C@H](CC(C)C)NC(=O)[C@H](Cc1c[nH]cn1)NC(=O)[C@@H](NC(=O)[C@@H]1CCCN1C(=O)[C@H](CC(C)C)NC(=O)CNC(=O)[C@H](CC(N)=O)NC(=O)[C@@H](N)CCC(=O)O)C(C)C)C(=O)N[C@@H](CC1=CC=C=C1)C(=O)N[C@@H](CCCNC(=N)N)C(=O)N[C@@H](CCCNC(=N)N)C(=O)O.O=C(O)C(F)(F)F. The van der Waals surface area contributed by atoms with E-state index >= 15 is 0 Å². The van der Waals surface area contributed by atoms with Crippen molar-refractivity contribution in [3.8, 4) is 0 Å². The van der Waals surface area contributed by atoms with Gasteiger partial charge in [0.25, 0.3) is 0 Å². The number of aliphatic hydroxyl groups is 1. The number of carbonyl (C=O) groups excluding carboxylic acids is 16. The van der Waals surface area contributed by atoms with Crippen molar-refractivity contribution in [2.24, 2.45) is 52.3 Å². The molecule has 1 aliphatic carbocycles. The molecule has 1 aromatic rings. The van der Waals surface area contributed by atoms with Crippen LogP contribution in [-0.2, 0) is 102 Å². The number of nitrogens with zero attached hydrogens (tertiary/aromatic N) is 2. The van der Waals surface area contributed by atoms with Crippen LogP contribution in [0.5, 0.6) is 0 Å². The van der Waals surface area contributed by atoms with E-state index in [0.29, 0.717) is 5.57 Å². The summed E-state index contributed by atoms with van der Waals surface area (Å²) in [5.74, 6) is -26.7. The highest BCUT2D eigenvalue weighted by molar-refractivity contribution is 6.02. The fraction of sp³-hybridized carbons (Fsp3) is 0.620. The molecule has 3 rings (SSSR count). The quantitative estimate of drug-likeness (QED) is 0.0125. The van der Waals surface area contributed by atoms with Gasteiger partial charge in [0.2, 0.25) is 94.5 Å². The number of halogens is 3. The smallest absolute Gasteiger partial charge is 0.481 e. The molecule has 0 radical (unpaired) electrons. The number of carboxylic acid groups (broad SMARTS) is 4. The molecule has 15 atom stereocenters. The number of imidazole rings is 1. The zero-order chi connectivity index (χ0) is 100. The summed E-state index contributed by atoms with van der Waals surface area (Å²) in [5, 5.41) is 98.6. The average molecular weight is 1880 g/mol. The number of amides is 16. The summed E-state index contributed by atoms with van der Waals surface area (Å²) in [5.41, 5.74) is 30.8. The number of nitrogens with two attached hydrogens (primary N) is 5. The molecule has 16 amide bonds. The van der Waals surface area contributed by atoms with Gasteiger partial charge in [-0.15, -0.1) is 5.73 Å². The van der Waals surface area contributed by atoms with Crippen LogP contribution in [0.1, 0.15) is 164 Å². The highest BCUT2D eigenvalue weighted by Gasteiger charge is 2.43. The molecule has 2 heterocycles. The predicted octanol–water partition coefficient (Wildman–Crippen LogP) is -7.24. The number of alkyl halides is 3. The van der Waals surface area contributed by atoms with E-state index in [9.17, 15) is 120 Å². The second kappa shape index (κ2) is 57.2. The number of nitrogens with one attached hydrogen (secondary N) is 18. The molecular formula is C79H124F3N25O25. The van der Waals surface area contributed by atoms with Crippen molar-refractivity contribution in [1.29, 1.82) is 10.8 Å². The predicted molar refractivity (Wildman–Crippen MR) is 458 cm³/mol. The van der Waals surface area contributed by atoms with Crippen LogP contribution in [0.4, 0.5) is 13.2 Å². The van der Waals surface area contributed by atoms with Gasteiger partial charge in [-0.05, 0) is 106 Å². The van der Waals surface area contributed by atoms with Gasteiger partial charge in [-0.1, -0.05) is 67.9 Å². The van der Waals surface area contributed by atoms with Crippen LogP contribution in [0.3, 0.4) is 0 Å². The molecule has 736 valence electrons. The van der Waals surface area contributed by atoms with Crippen molar-refractivity contribution in [1.82, 2.24) is 94.6 Å². The third-order valence-corrected chi connectivity index (χ3v) is 20.0. The van der Waals surface area contributed by atoms with E-state index in [0.717, 1.165) is 0 Å². The number of aromatic amines is 1. The van der Waals surface area contributed by atoms with Crippen molar-refractivity contribution >= 4 is 130 Å². The number of aliphatic hydroxyl groups excluding tert-OH is 1. The Morgan fingerprint density at radius 2 is 1.02 bits per heavy atom. The zero-order valence-corrected chi connectivity index (χ0v) is 74.2. The Morgan fingerprint density at radius 1 is 0.538 bits per heavy atom. The first-order chi connectivity index (χ1) is 61.7. The molecule has 33 N–H and O–H groups in total. The Bertz CT molecular complexity index is 4340. The maximum atomic E-state index is 14.7. The Morgan fingerprint density at radius 3 is 1.50 bits per heavy atom. The number of aromatic nitrogens is 2. The van der Waals surface area contributed by atoms with Gasteiger partial charge in [0.15, 0.2) is 11.9 Å². The Kier molecular flexibility index (Phi) is 49.5. The van der Waals surface area contributed by atoms with Crippen molar-refractivity contribution in [2.75, 3.05) is 32.8 Å². The minimum atomic E-state index is -5.08. The van der Waals surface area contributed by atoms with E-state index in [1.54, 1.807) is 54.5 Å². The Labute approximate surface area is 755 Å². The van der Waals surface area contributed by atoms with Crippen molar-refractivity contribution < 1.29 is 135 Å². The molecule has 1 saturated heterocycles. The van der Waals surface area contributed by atoms with Gasteiger partial charge in [-0.3, -0.25) is 97.1 Å². The molecule has 0 bridgehead atoms. The summed E-state index contributed by atoms with van der Waals surface area (Å²) in [7, 11) is 0. The number of carbonyl (C=O) groups is 20. The van der Waals surface area contributed by atoms with Gasteiger partial charge in [0.1, 0.15) is 78.5 Å². The summed E-state index contributed by atoms with van der Waals surface area (Å²) in [4.78, 5) is 275. The average Bonchev–Trinajstić information content (AvgIpc) is 1.65. The highest BCUT2D eigenvalue weighted by atomic mass is 19.4. The molecule has 2 aliphatic rings. The van der Waals surface area contributed by atoms with Crippen LogP contribution in [0, 0.1) is 34.5 Å². The molecule has 0 saturated carbocycles. The second-order valence-electron chi connectivity index (χ2n) is 32.2. The van der Waals surface area contributed by atoms with E-state index in [2.05, 4.69) is 95.5 Å². The van der Waals surface area contributed by atoms with E-state index in [4.69, 9.17) is 54.5 Å². The third kappa shape index (κ3) is 43.0. The van der Waals surface area contributed by atoms with Crippen LogP contribution < -0.4 is 108 Å². The number of hydrogen-bond donors (Lipinski definition) is 28. The summed E-state index contributed by atoms with van der Waals surface area (Å²) in [6.07, 6.45) is -2.26. The lowest BCUT2D eigenvalue weighted by atomic mass is 9.96. The number of rotatable bonds is 58. The van der Waals surface area contributed by atoms with Crippen LogP contribution in [0.2, 0.25) is 0 Å². The number of carboxylic acids is 4. The number of guanidine groups is 2. The number of likely N-dealkylation sites (tertiary alicyclic amines) is 1. The first-order valence-electron chi connectivity index (χ1n) is 42.1. The lowest BCUT2D eigenvalue weighted by Gasteiger charge is -2.31. The maximum Gasteiger partial charge on any atom is 0.490 e. The first-order valence-corrected chi connectivity index (χ1v) is 42.1. The van der Waals surface area contributed by atoms with Crippen molar-refractivity contribution in [2.45, 2.75) is 255 Å². The van der Waals surface area contributed by atoms with Crippen LogP contribution in [-0.4, -0.2) is 294 Å². The fourth-order valence-corrected chi connectivity index (χ4v) is 12.9. The number of hydrogen-bond acceptors (Lipinski definition) is 25. The van der Waals surface area contributed by atoms with Crippen LogP contribution >= 0.6 is 0 Å². The minimum Gasteiger partial charge on any atom is -0.481 e. The molecule has 0 aromatic carbocycles. The topological polar surface area (TPSA) is 833 Å². The minimum absolute atomic E-state index is 0.00953. The lowest BCUT2D eigenvalue weighted by Crippen LogP contribution is -2.62. The summed E-state index contributed by atoms with van der Waals surface area (Å²) in [6.45, 7) is 11.2. The zero-order valence-electron chi connectivity index (χ0n) is 74.2. The van der Waals surface area contributed by atoms with E-state index in [1.807, 2.05) is 0 Å². The van der Waals surface area contributed by atoms with Gasteiger partial charge in [-0.2, -0.15) is 13.2 Å². The number of H-pyrrole nitrogens is 1. The molecule has 1 aliphatic heterocycles. The second-order valence-corrected chi connectivity index (χ2v) is 32.2. The van der Waals surface area contributed by atoms with E-state index in [1.165, 1.54) is 36.5 Å². The standard InChI is InChI=1S/C77H123N25O23.C2HF3O2/c1-9-40(8)61(73(122)97-48(29-41-15-10-11-16-41)67(116)91-44(17-12-24-86-76(81)82)64(113)93-46(75(124)125)18-13-25-87-77(83)84)101-70(119)53(35-103)99-65(114)45(21-22-55(79)104)92-69(118)51(32-59(109)110)96-66(115)47(27-37(2)3)95-68(117)49(30-42-33-85-36-89-42)98-72(121)60(39(6)7)100-71(120)54-19-14-26-102(54)74(123)52(28-38(4)5)90-57(106)34-88-63(112)50(31-56(80)105)94-62(111)43(78)20-23-58(107)108;3-2(4,5)1(6)7/h10,15-16,33,36-40,43-54,60-61,103H,9,12-14,17-32,34-35,78H2,1-8H3,(H2,79,104)(H2,80,105)(H,85,89)(H,88,112)(H,90,106)(H,91,116)(H,92,118)(H,93,113)(H,94,111)(H,95,117)(H,96,115)(H,97,122)(H,98,121)(H,99,114)(H,100,120)(H,101,119)(H,107,108)(H,109,110)(H,124,125)(H4,81,82,86)(H4,83,84,87);(H,6,7)/t40-,43-,44-,45-,46-,47-,48-,49-,50-,51-,52-,53-,54-,60-,61-;/m0./s1. The molecule has 1 aromatic heterocycles. The normalized spacial score (nSPS) is 15.8. The van der Waals surface area contributed by atoms with Gasteiger partial charge in [0.05, 0.1) is 44.1 Å². The van der Waals surface area contributed by atoms with Gasteiger partial charge in [-0.25, -0.2) is 14.6 Å². The summed E-state index contributed by atoms with van der Waals surface area (Å²) >= 11 is 0. The van der Waals surface area contributed by atoms with E-state index < -0.39 is 278 Å². The summed E-state index contributed by atoms with van der Waals surface area (Å²) in [6, 6.07) is -22.3. The van der Waals surface area contributed by atoms with Crippen molar-refractivity contribution in [3.05, 3.63) is 47.8 Å². The van der Waals surface area contributed by atoms with Crippen LogP contribution in [0.25, 0.3) is 0 Å². The Balaban J connectivity index is 0.00000806. The highest BCUT2D eigenvalue weighted by Crippen LogP contribution is 2.23. The first kappa shape index (κ1) is 114. The number of allylic oxidation sites excluding steroid dienone is 2. The van der Waals surface area contributed by atoms with Gasteiger partial charge in [0, 0.05) is 51.5 Å². The van der Waals surface area contributed by atoms with Gasteiger partial charge < -0.3 is 144 Å².